The fourth-order valence-corrected chi connectivity index (χ4v) is 3.15. The largest absolute Gasteiger partial charge is 0.842 e. The number of rotatable bonds is 4. The summed E-state index contributed by atoms with van der Waals surface area (Å²) >= 11 is 1.37. The Morgan fingerprint density at radius 3 is 2.81 bits per heavy atom. The second kappa shape index (κ2) is 5.67. The Morgan fingerprint density at radius 1 is 1.33 bits per heavy atom. The Morgan fingerprint density at radius 2 is 2.10 bits per heavy atom. The summed E-state index contributed by atoms with van der Waals surface area (Å²) in [6.07, 6.45) is 1.69. The molecule has 0 atom stereocenters. The highest BCUT2D eigenvalue weighted by molar-refractivity contribution is 7.14. The second-order valence-electron chi connectivity index (χ2n) is 4.55. The van der Waals surface area contributed by atoms with Crippen molar-refractivity contribution in [3.8, 4) is 17.0 Å². The molecule has 0 N–H and O–H groups in total. The van der Waals surface area contributed by atoms with Crippen LogP contribution in [0, 0.1) is 0 Å². The molecule has 0 saturated heterocycles. The van der Waals surface area contributed by atoms with Crippen molar-refractivity contribution in [2.45, 2.75) is 6.54 Å². The summed E-state index contributed by atoms with van der Waals surface area (Å²) in [7, 11) is 1.59. The van der Waals surface area contributed by atoms with Crippen molar-refractivity contribution in [2.24, 2.45) is 0 Å². The average molecular weight is 302 g/mol. The van der Waals surface area contributed by atoms with Crippen LogP contribution < -0.4 is 15.2 Å². The Kier molecular flexibility index (Phi) is 3.72. The van der Waals surface area contributed by atoms with Crippen molar-refractivity contribution in [2.75, 3.05) is 13.7 Å². The van der Waals surface area contributed by atoms with Crippen molar-refractivity contribution >= 4 is 16.3 Å². The molecule has 0 saturated carbocycles. The van der Waals surface area contributed by atoms with Crippen LogP contribution >= 0.6 is 11.3 Å². The normalized spacial score (nSPS) is 11.1. The van der Waals surface area contributed by atoms with E-state index in [9.17, 15) is 9.90 Å². The molecule has 0 fully saturated rings. The van der Waals surface area contributed by atoms with E-state index in [-0.39, 0.29) is 17.0 Å². The first-order valence-corrected chi connectivity index (χ1v) is 7.39. The van der Waals surface area contributed by atoms with Gasteiger partial charge >= 0.3 is 10.5 Å². The highest BCUT2D eigenvalue weighted by Crippen LogP contribution is 2.22. The van der Waals surface area contributed by atoms with Gasteiger partial charge in [-0.1, -0.05) is 41.7 Å². The van der Waals surface area contributed by atoms with E-state index in [4.69, 9.17) is 4.74 Å². The molecule has 0 amide bonds. The highest BCUT2D eigenvalue weighted by atomic mass is 32.1. The third-order valence-electron chi connectivity index (χ3n) is 3.29. The lowest BCUT2D eigenvalue weighted by Gasteiger charge is -2.15. The number of hydrogen-bond acceptors (Lipinski definition) is 4. The standard InChI is InChI=1S/C15H14N2O3S/c1-20-9-7-16-13(18)12(11-5-3-2-4-6-11)14(19)17-8-10-21-15(16)17/h2-6,8,10H,7,9H2,1H3. The van der Waals surface area contributed by atoms with E-state index in [0.29, 0.717) is 23.7 Å². The third-order valence-corrected chi connectivity index (χ3v) is 4.18. The van der Waals surface area contributed by atoms with Gasteiger partial charge in [-0.15, -0.1) is 0 Å². The van der Waals surface area contributed by atoms with E-state index in [0.717, 1.165) is 0 Å². The molecular formula is C15H14N2O3S. The summed E-state index contributed by atoms with van der Waals surface area (Å²) in [5.74, 6) is -0.272. The number of fused-ring (bicyclic) bond motifs is 1. The molecule has 2 aromatic heterocycles. The summed E-state index contributed by atoms with van der Waals surface area (Å²) in [6.45, 7) is 0.833. The molecule has 2 heterocycles. The molecule has 0 aliphatic rings. The molecule has 3 rings (SSSR count). The van der Waals surface area contributed by atoms with Gasteiger partial charge in [-0.05, 0) is 5.56 Å². The molecule has 6 heteroatoms. The number of benzene rings is 1. The number of methoxy groups -OCH3 is 1. The molecule has 1 aromatic carbocycles. The fraction of sp³-hybridized carbons (Fsp3) is 0.200. The van der Waals surface area contributed by atoms with Crippen LogP contribution in [0.1, 0.15) is 0 Å². The molecule has 5 nitrogen and oxygen atoms in total. The first-order chi connectivity index (χ1) is 10.2. The van der Waals surface area contributed by atoms with Crippen LogP contribution in [0.4, 0.5) is 0 Å². The van der Waals surface area contributed by atoms with Crippen molar-refractivity contribution in [1.82, 2.24) is 4.40 Å². The van der Waals surface area contributed by atoms with Crippen LogP contribution in [0.2, 0.25) is 0 Å². The maximum Gasteiger partial charge on any atom is 0.350 e. The minimum atomic E-state index is -0.281. The van der Waals surface area contributed by atoms with Crippen molar-refractivity contribution in [3.05, 3.63) is 52.3 Å². The van der Waals surface area contributed by atoms with Crippen LogP contribution in [0.3, 0.4) is 0 Å². The minimum absolute atomic E-state index is 0.197. The Bertz CT molecular complexity index is 824. The van der Waals surface area contributed by atoms with Gasteiger partial charge in [0.1, 0.15) is 18.3 Å². The van der Waals surface area contributed by atoms with Crippen LogP contribution in [0.15, 0.2) is 46.7 Å². The zero-order chi connectivity index (χ0) is 14.8. The van der Waals surface area contributed by atoms with Gasteiger partial charge in [0.15, 0.2) is 0 Å². The molecule has 3 aromatic rings. The molecule has 0 aliphatic carbocycles. The molecule has 0 aliphatic heterocycles. The summed E-state index contributed by atoms with van der Waals surface area (Å²) in [6, 6.07) is 9.04. The zero-order valence-corrected chi connectivity index (χ0v) is 12.3. The molecule has 0 unspecified atom stereocenters. The third kappa shape index (κ3) is 2.32. The predicted molar refractivity (Wildman–Crippen MR) is 78.5 cm³/mol. The van der Waals surface area contributed by atoms with E-state index in [1.807, 2.05) is 18.2 Å². The highest BCUT2D eigenvalue weighted by Gasteiger charge is 2.20. The quantitative estimate of drug-likeness (QED) is 0.677. The summed E-state index contributed by atoms with van der Waals surface area (Å²) in [4.78, 5) is 13.2. The lowest BCUT2D eigenvalue weighted by molar-refractivity contribution is -0.714. The topological polar surface area (TPSA) is 57.7 Å². The van der Waals surface area contributed by atoms with Gasteiger partial charge in [0, 0.05) is 12.5 Å². The van der Waals surface area contributed by atoms with Crippen LogP contribution in [-0.2, 0) is 11.3 Å². The van der Waals surface area contributed by atoms with E-state index in [1.54, 1.807) is 35.4 Å². The van der Waals surface area contributed by atoms with Gasteiger partial charge in [0.2, 0.25) is 0 Å². The predicted octanol–water partition coefficient (Wildman–Crippen LogP) is 1.04. The number of nitrogens with zero attached hydrogens (tertiary/aromatic N) is 2. The van der Waals surface area contributed by atoms with Gasteiger partial charge in [0.05, 0.1) is 12.5 Å². The Balaban J connectivity index is 2.32. The maximum absolute atomic E-state index is 12.7. The van der Waals surface area contributed by atoms with Gasteiger partial charge in [-0.3, -0.25) is 0 Å². The van der Waals surface area contributed by atoms with Gasteiger partial charge in [-0.25, -0.2) is 9.36 Å². The first kappa shape index (κ1) is 13.8. The molecule has 0 bridgehead atoms. The number of aromatic nitrogens is 2. The maximum atomic E-state index is 12.7. The van der Waals surface area contributed by atoms with Gasteiger partial charge in [0.25, 0.3) is 0 Å². The molecule has 108 valence electrons. The van der Waals surface area contributed by atoms with E-state index < -0.39 is 0 Å². The lowest BCUT2D eigenvalue weighted by atomic mass is 10.1. The monoisotopic (exact) mass is 302 g/mol. The molecule has 21 heavy (non-hydrogen) atoms. The lowest BCUT2D eigenvalue weighted by Crippen LogP contribution is -2.44. The van der Waals surface area contributed by atoms with E-state index >= 15 is 0 Å². The van der Waals surface area contributed by atoms with Crippen LogP contribution in [0.25, 0.3) is 16.1 Å². The molecular weight excluding hydrogens is 288 g/mol. The fourth-order valence-electron chi connectivity index (χ4n) is 2.29. The van der Waals surface area contributed by atoms with Crippen molar-refractivity contribution in [3.63, 3.8) is 0 Å². The minimum Gasteiger partial charge on any atom is -0.842 e. The Hall–Kier alpha value is -2.18. The SMILES string of the molecule is COCC[n+]1c([O-])c(-c2ccccc2)c(=O)n2ccsc21. The van der Waals surface area contributed by atoms with E-state index in [2.05, 4.69) is 0 Å². The summed E-state index contributed by atoms with van der Waals surface area (Å²) in [5.41, 5.74) is 0.554. The number of ether oxygens (including phenoxy) is 1. The molecule has 0 radical (unpaired) electrons. The zero-order valence-electron chi connectivity index (χ0n) is 11.5. The van der Waals surface area contributed by atoms with Crippen LogP contribution in [-0.4, -0.2) is 18.1 Å². The second-order valence-corrected chi connectivity index (χ2v) is 5.42. The molecule has 0 spiro atoms. The first-order valence-electron chi connectivity index (χ1n) is 6.51. The van der Waals surface area contributed by atoms with Crippen LogP contribution in [0.5, 0.6) is 5.88 Å². The van der Waals surface area contributed by atoms with E-state index in [1.165, 1.54) is 15.7 Å². The summed E-state index contributed by atoms with van der Waals surface area (Å²) in [5, 5.41) is 14.5. The van der Waals surface area contributed by atoms with Gasteiger partial charge < -0.3 is 9.84 Å². The number of thiazole rings is 1. The van der Waals surface area contributed by atoms with Crippen molar-refractivity contribution in [1.29, 1.82) is 0 Å². The summed E-state index contributed by atoms with van der Waals surface area (Å²) < 4.78 is 8.17. The smallest absolute Gasteiger partial charge is 0.350 e. The Labute approximate surface area is 125 Å². The van der Waals surface area contributed by atoms with Gasteiger partial charge in [-0.2, -0.15) is 4.40 Å². The van der Waals surface area contributed by atoms with Crippen molar-refractivity contribution < 1.29 is 14.4 Å². The number of hydrogen-bond donors (Lipinski definition) is 0. The average Bonchev–Trinajstić information content (AvgIpc) is 2.98.